The first kappa shape index (κ1) is 13.8. The second-order valence-electron chi connectivity index (χ2n) is 5.71. The number of aromatic nitrogens is 3. The van der Waals surface area contributed by atoms with Crippen molar-refractivity contribution < 1.29 is 4.79 Å². The summed E-state index contributed by atoms with van der Waals surface area (Å²) in [5.41, 5.74) is 3.05. The zero-order valence-electron chi connectivity index (χ0n) is 12.5. The van der Waals surface area contributed by atoms with Crippen molar-refractivity contribution in [3.63, 3.8) is 0 Å². The van der Waals surface area contributed by atoms with Gasteiger partial charge in [-0.05, 0) is 44.4 Å². The average molecular weight is 284 g/mol. The van der Waals surface area contributed by atoms with Gasteiger partial charge in [0.2, 0.25) is 5.91 Å². The van der Waals surface area contributed by atoms with Crippen LogP contribution in [0.25, 0.3) is 5.82 Å². The lowest BCUT2D eigenvalue weighted by molar-refractivity contribution is -0.127. The molecule has 21 heavy (non-hydrogen) atoms. The molecule has 0 aliphatic heterocycles. The van der Waals surface area contributed by atoms with E-state index < -0.39 is 0 Å². The number of hydrogen-bond acceptors (Lipinski definition) is 3. The van der Waals surface area contributed by atoms with Crippen LogP contribution in [0.15, 0.2) is 24.4 Å². The second-order valence-corrected chi connectivity index (χ2v) is 5.71. The summed E-state index contributed by atoms with van der Waals surface area (Å²) in [6.45, 7) is 4.52. The van der Waals surface area contributed by atoms with Crippen LogP contribution in [0.2, 0.25) is 0 Å². The predicted molar refractivity (Wildman–Crippen MR) is 80.0 cm³/mol. The van der Waals surface area contributed by atoms with Crippen LogP contribution < -0.4 is 5.32 Å². The van der Waals surface area contributed by atoms with Gasteiger partial charge in [0.1, 0.15) is 0 Å². The Kier molecular flexibility index (Phi) is 3.73. The van der Waals surface area contributed by atoms with Gasteiger partial charge in [-0.25, -0.2) is 9.67 Å². The van der Waals surface area contributed by atoms with Gasteiger partial charge >= 0.3 is 0 Å². The molecular weight excluding hydrogens is 264 g/mol. The molecule has 2 aromatic heterocycles. The predicted octanol–water partition coefficient (Wildman–Crippen LogP) is 2.30. The molecule has 0 radical (unpaired) electrons. The average Bonchev–Trinajstić information content (AvgIpc) is 2.74. The van der Waals surface area contributed by atoms with Gasteiger partial charge in [0.05, 0.1) is 5.69 Å². The van der Waals surface area contributed by atoms with Crippen molar-refractivity contribution in [1.82, 2.24) is 20.1 Å². The summed E-state index contributed by atoms with van der Waals surface area (Å²) in [5.74, 6) is 1.20. The summed E-state index contributed by atoms with van der Waals surface area (Å²) >= 11 is 0. The van der Waals surface area contributed by atoms with Gasteiger partial charge < -0.3 is 5.32 Å². The normalized spacial score (nSPS) is 14.8. The number of aryl methyl sites for hydroxylation is 2. The fourth-order valence-electron chi connectivity index (χ4n) is 2.51. The molecule has 1 aliphatic rings. The topological polar surface area (TPSA) is 59.8 Å². The van der Waals surface area contributed by atoms with Crippen LogP contribution >= 0.6 is 0 Å². The van der Waals surface area contributed by atoms with Crippen LogP contribution in [0.4, 0.5) is 0 Å². The quantitative estimate of drug-likeness (QED) is 0.937. The molecule has 1 N–H and O–H groups in total. The lowest BCUT2D eigenvalue weighted by Gasteiger charge is -2.24. The fraction of sp³-hybridized carbons (Fsp3) is 0.438. The maximum absolute atomic E-state index is 11.8. The van der Waals surface area contributed by atoms with Gasteiger partial charge in [-0.1, -0.05) is 12.5 Å². The fourth-order valence-corrected chi connectivity index (χ4v) is 2.51. The highest BCUT2D eigenvalue weighted by molar-refractivity contribution is 5.79. The number of amides is 1. The van der Waals surface area contributed by atoms with E-state index in [1.165, 1.54) is 6.42 Å². The van der Waals surface area contributed by atoms with Gasteiger partial charge in [-0.15, -0.1) is 0 Å². The Hall–Kier alpha value is -2.17. The summed E-state index contributed by atoms with van der Waals surface area (Å²) < 4.78 is 1.83. The van der Waals surface area contributed by atoms with E-state index in [1.54, 1.807) is 6.20 Å². The molecular formula is C16H20N4O. The Morgan fingerprint density at radius 2 is 2.19 bits per heavy atom. The number of carbonyl (C=O) groups excluding carboxylic acids is 1. The first-order chi connectivity index (χ1) is 10.1. The minimum atomic E-state index is 0.170. The van der Waals surface area contributed by atoms with E-state index in [4.69, 9.17) is 0 Å². The molecule has 1 fully saturated rings. The molecule has 0 saturated heterocycles. The number of carbonyl (C=O) groups is 1. The van der Waals surface area contributed by atoms with Crippen LogP contribution in [0.3, 0.4) is 0 Å². The van der Waals surface area contributed by atoms with Crippen molar-refractivity contribution in [3.8, 4) is 5.82 Å². The highest BCUT2D eigenvalue weighted by Gasteiger charge is 2.24. The van der Waals surface area contributed by atoms with Gasteiger partial charge in [0.15, 0.2) is 5.82 Å². The smallest absolute Gasteiger partial charge is 0.223 e. The number of pyridine rings is 1. The first-order valence-electron chi connectivity index (χ1n) is 7.40. The van der Waals surface area contributed by atoms with Crippen molar-refractivity contribution in [2.24, 2.45) is 5.92 Å². The molecule has 3 rings (SSSR count). The molecule has 5 heteroatoms. The van der Waals surface area contributed by atoms with Crippen molar-refractivity contribution in [1.29, 1.82) is 0 Å². The van der Waals surface area contributed by atoms with Crippen LogP contribution in [0, 0.1) is 19.8 Å². The summed E-state index contributed by atoms with van der Waals surface area (Å²) in [5, 5.41) is 7.38. The minimum Gasteiger partial charge on any atom is -0.352 e. The maximum atomic E-state index is 11.8. The largest absolute Gasteiger partial charge is 0.352 e. The van der Waals surface area contributed by atoms with E-state index in [1.807, 2.05) is 36.7 Å². The molecule has 1 amide bonds. The lowest BCUT2D eigenvalue weighted by Crippen LogP contribution is -2.33. The van der Waals surface area contributed by atoms with Crippen LogP contribution in [0.5, 0.6) is 0 Å². The second kappa shape index (κ2) is 5.68. The molecule has 0 aromatic carbocycles. The van der Waals surface area contributed by atoms with Crippen LogP contribution in [0.1, 0.15) is 36.2 Å². The van der Waals surface area contributed by atoms with E-state index in [0.29, 0.717) is 6.54 Å². The summed E-state index contributed by atoms with van der Waals surface area (Å²) in [4.78, 5) is 16.2. The highest BCUT2D eigenvalue weighted by Crippen LogP contribution is 2.26. The zero-order valence-corrected chi connectivity index (χ0v) is 12.5. The monoisotopic (exact) mass is 284 g/mol. The standard InChI is InChI=1S/C16H20N4O/c1-11-8-12(2)20(19-11)15-7-6-13(9-17-15)10-18-16(21)14-4-3-5-14/h6-9,14H,3-5,10H2,1-2H3,(H,18,21). The van der Waals surface area contributed by atoms with E-state index >= 15 is 0 Å². The SMILES string of the molecule is Cc1cc(C)n(-c2ccc(CNC(=O)C3CCC3)cn2)n1. The Morgan fingerprint density at radius 1 is 1.38 bits per heavy atom. The molecule has 2 heterocycles. The number of rotatable bonds is 4. The van der Waals surface area contributed by atoms with E-state index in [-0.39, 0.29) is 11.8 Å². The number of nitrogens with one attached hydrogen (secondary N) is 1. The van der Waals surface area contributed by atoms with Crippen LogP contribution in [-0.2, 0) is 11.3 Å². The summed E-state index contributed by atoms with van der Waals surface area (Å²) in [6.07, 6.45) is 5.03. The minimum absolute atomic E-state index is 0.170. The Morgan fingerprint density at radius 3 is 2.71 bits per heavy atom. The zero-order chi connectivity index (χ0) is 14.8. The lowest BCUT2D eigenvalue weighted by atomic mass is 9.85. The molecule has 2 aromatic rings. The number of hydrogen-bond donors (Lipinski definition) is 1. The molecule has 0 unspecified atom stereocenters. The van der Waals surface area contributed by atoms with Gasteiger partial charge in [-0.2, -0.15) is 5.10 Å². The van der Waals surface area contributed by atoms with Crippen molar-refractivity contribution >= 4 is 5.91 Å². The Labute approximate surface area is 124 Å². The van der Waals surface area contributed by atoms with Crippen molar-refractivity contribution in [3.05, 3.63) is 41.3 Å². The van der Waals surface area contributed by atoms with Crippen LogP contribution in [-0.4, -0.2) is 20.7 Å². The van der Waals surface area contributed by atoms with Gasteiger partial charge in [-0.3, -0.25) is 4.79 Å². The summed E-state index contributed by atoms with van der Waals surface area (Å²) in [6, 6.07) is 5.94. The highest BCUT2D eigenvalue weighted by atomic mass is 16.1. The molecule has 1 aliphatic carbocycles. The van der Waals surface area contributed by atoms with Gasteiger partial charge in [0.25, 0.3) is 0 Å². The third-order valence-electron chi connectivity index (χ3n) is 3.98. The van der Waals surface area contributed by atoms with Crippen molar-refractivity contribution in [2.75, 3.05) is 0 Å². The maximum Gasteiger partial charge on any atom is 0.223 e. The molecule has 0 bridgehead atoms. The first-order valence-corrected chi connectivity index (χ1v) is 7.40. The third-order valence-corrected chi connectivity index (χ3v) is 3.98. The third kappa shape index (κ3) is 2.96. The van der Waals surface area contributed by atoms with Crippen molar-refractivity contribution in [2.45, 2.75) is 39.7 Å². The molecule has 0 atom stereocenters. The molecule has 0 spiro atoms. The summed E-state index contributed by atoms with van der Waals surface area (Å²) in [7, 11) is 0. The molecule has 1 saturated carbocycles. The Bertz CT molecular complexity index is 641. The Balaban J connectivity index is 1.64. The van der Waals surface area contributed by atoms with E-state index in [2.05, 4.69) is 15.4 Å². The van der Waals surface area contributed by atoms with E-state index in [9.17, 15) is 4.79 Å². The van der Waals surface area contributed by atoms with Gasteiger partial charge in [0, 0.05) is 24.4 Å². The van der Waals surface area contributed by atoms with E-state index in [0.717, 1.165) is 35.6 Å². The molecule has 110 valence electrons. The molecule has 5 nitrogen and oxygen atoms in total. The number of nitrogens with zero attached hydrogens (tertiary/aromatic N) is 3.